The van der Waals surface area contributed by atoms with Crippen LogP contribution in [0.4, 0.5) is 22.0 Å². The molecule has 1 aliphatic carbocycles. The number of hydrogen-bond acceptors (Lipinski definition) is 3. The lowest BCUT2D eigenvalue weighted by Gasteiger charge is -2.22. The molecular formula is C22H17ClF5N3O2. The first-order valence-electron chi connectivity index (χ1n) is 9.94. The Morgan fingerprint density at radius 3 is 2.33 bits per heavy atom. The van der Waals surface area contributed by atoms with Gasteiger partial charge in [0.05, 0.1) is 11.1 Å². The van der Waals surface area contributed by atoms with Gasteiger partial charge >= 0.3 is 6.18 Å². The van der Waals surface area contributed by atoms with Gasteiger partial charge in [-0.3, -0.25) is 14.2 Å². The molecule has 11 heteroatoms. The average Bonchev–Trinajstić information content (AvgIpc) is 3.52. The molecule has 1 N–H and O–H groups in total. The maximum Gasteiger partial charge on any atom is 0.408 e. The van der Waals surface area contributed by atoms with Gasteiger partial charge in [-0.1, -0.05) is 11.6 Å². The third-order valence-electron chi connectivity index (χ3n) is 5.56. The van der Waals surface area contributed by atoms with Crippen LogP contribution in [0.5, 0.6) is 0 Å². The molecular weight excluding hydrogens is 469 g/mol. The maximum atomic E-state index is 14.1. The summed E-state index contributed by atoms with van der Waals surface area (Å²) in [4.78, 5) is 29.7. The Labute approximate surface area is 189 Å². The van der Waals surface area contributed by atoms with E-state index < -0.39 is 51.8 Å². The molecule has 1 saturated carbocycles. The Bertz CT molecular complexity index is 1330. The number of aryl methyl sites for hydroxylation is 2. The second kappa shape index (κ2) is 8.09. The molecule has 3 aromatic rings. The van der Waals surface area contributed by atoms with Gasteiger partial charge in [0.2, 0.25) is 5.43 Å². The number of pyridine rings is 2. The summed E-state index contributed by atoms with van der Waals surface area (Å²) in [6, 6.07) is 1.06. The van der Waals surface area contributed by atoms with Gasteiger partial charge in [0.15, 0.2) is 11.0 Å². The van der Waals surface area contributed by atoms with E-state index >= 15 is 0 Å². The Morgan fingerprint density at radius 1 is 1.18 bits per heavy atom. The molecule has 0 saturated heterocycles. The van der Waals surface area contributed by atoms with Crippen molar-refractivity contribution in [2.75, 3.05) is 0 Å². The van der Waals surface area contributed by atoms with Gasteiger partial charge in [0, 0.05) is 6.20 Å². The number of hydrogen-bond donors (Lipinski definition) is 1. The first-order chi connectivity index (χ1) is 15.4. The van der Waals surface area contributed by atoms with Crippen molar-refractivity contribution in [2.45, 2.75) is 38.9 Å². The number of alkyl halides is 3. The number of halogens is 6. The maximum absolute atomic E-state index is 14.1. The van der Waals surface area contributed by atoms with Gasteiger partial charge in [-0.25, -0.2) is 13.8 Å². The number of nitrogens with one attached hydrogen (secondary N) is 1. The van der Waals surface area contributed by atoms with Crippen molar-refractivity contribution in [1.29, 1.82) is 0 Å². The van der Waals surface area contributed by atoms with Crippen LogP contribution in [0.25, 0.3) is 16.7 Å². The summed E-state index contributed by atoms with van der Waals surface area (Å²) in [5, 5.41) is 1.00. The van der Waals surface area contributed by atoms with Crippen LogP contribution in [0, 0.1) is 31.4 Å². The van der Waals surface area contributed by atoms with E-state index in [1.165, 1.54) is 16.7 Å². The third-order valence-corrected chi connectivity index (χ3v) is 5.83. The minimum atomic E-state index is -4.70. The van der Waals surface area contributed by atoms with E-state index in [1.54, 1.807) is 13.8 Å². The van der Waals surface area contributed by atoms with E-state index in [2.05, 4.69) is 4.98 Å². The van der Waals surface area contributed by atoms with E-state index in [4.69, 9.17) is 11.6 Å². The number of aromatic nitrogens is 2. The van der Waals surface area contributed by atoms with Gasteiger partial charge in [-0.05, 0) is 61.9 Å². The van der Waals surface area contributed by atoms with Crippen LogP contribution in [-0.4, -0.2) is 27.7 Å². The van der Waals surface area contributed by atoms with Crippen molar-refractivity contribution in [2.24, 2.45) is 5.92 Å². The standard InChI is InChI=1S/C22H17ClF5N3O2/c1-9-5-12(24)6-10(2)16(9)31-8-14(17(32)13-7-15(25)19(23)30-20(13)31)21(33)29-18(11-3-4-11)22(26,27)28/h5-8,11,18H,3-4H2,1-2H3,(H,29,33)/t18-/m0/s1. The number of nitrogens with zero attached hydrogens (tertiary/aromatic N) is 2. The number of carbonyl (C=O) groups is 1. The van der Waals surface area contributed by atoms with Crippen molar-refractivity contribution in [3.63, 3.8) is 0 Å². The average molecular weight is 486 g/mol. The van der Waals surface area contributed by atoms with Crippen LogP contribution in [0.3, 0.4) is 0 Å². The predicted molar refractivity (Wildman–Crippen MR) is 112 cm³/mol. The summed E-state index contributed by atoms with van der Waals surface area (Å²) in [6.07, 6.45) is -3.07. The molecule has 1 fully saturated rings. The molecule has 0 bridgehead atoms. The van der Waals surface area contributed by atoms with E-state index in [-0.39, 0.29) is 11.0 Å². The molecule has 1 aliphatic rings. The van der Waals surface area contributed by atoms with Gasteiger partial charge in [-0.2, -0.15) is 13.2 Å². The minimum Gasteiger partial charge on any atom is -0.340 e. The van der Waals surface area contributed by atoms with E-state index in [1.807, 2.05) is 5.32 Å². The fourth-order valence-electron chi connectivity index (χ4n) is 3.93. The first kappa shape index (κ1) is 23.2. The van der Waals surface area contributed by atoms with Gasteiger partial charge < -0.3 is 5.32 Å². The monoisotopic (exact) mass is 485 g/mol. The quantitative estimate of drug-likeness (QED) is 0.417. The number of carbonyl (C=O) groups excluding carboxylic acids is 1. The van der Waals surface area contributed by atoms with Gasteiger partial charge in [0.25, 0.3) is 5.91 Å². The fraction of sp³-hybridized carbons (Fsp3) is 0.318. The SMILES string of the molecule is Cc1cc(F)cc(C)c1-n1cc(C(=O)N[C@@H](C2CC2)C(F)(F)F)c(=O)c2cc(F)c(Cl)nc21. The molecule has 0 unspecified atom stereocenters. The van der Waals surface area contributed by atoms with Gasteiger partial charge in [0.1, 0.15) is 23.1 Å². The molecule has 0 radical (unpaired) electrons. The van der Waals surface area contributed by atoms with Crippen LogP contribution < -0.4 is 10.7 Å². The fourth-order valence-corrected chi connectivity index (χ4v) is 4.07. The summed E-state index contributed by atoms with van der Waals surface area (Å²) < 4.78 is 69.5. The van der Waals surface area contributed by atoms with Crippen molar-refractivity contribution >= 4 is 28.5 Å². The molecule has 2 heterocycles. The molecule has 4 rings (SSSR count). The zero-order valence-corrected chi connectivity index (χ0v) is 18.1. The van der Waals surface area contributed by atoms with Gasteiger partial charge in [-0.15, -0.1) is 0 Å². The molecule has 1 aromatic carbocycles. The summed E-state index contributed by atoms with van der Waals surface area (Å²) in [5.41, 5.74) is -0.676. The molecule has 174 valence electrons. The van der Waals surface area contributed by atoms with Crippen LogP contribution >= 0.6 is 11.6 Å². The lowest BCUT2D eigenvalue weighted by atomic mass is 10.1. The normalized spacial score (nSPS) is 15.0. The summed E-state index contributed by atoms with van der Waals surface area (Å²) >= 11 is 5.80. The number of rotatable bonds is 4. The van der Waals surface area contributed by atoms with E-state index in [0.29, 0.717) is 29.7 Å². The lowest BCUT2D eigenvalue weighted by Crippen LogP contribution is -2.48. The molecule has 1 amide bonds. The smallest absolute Gasteiger partial charge is 0.340 e. The number of amides is 1. The Kier molecular flexibility index (Phi) is 5.68. The summed E-state index contributed by atoms with van der Waals surface area (Å²) in [6.45, 7) is 3.13. The molecule has 33 heavy (non-hydrogen) atoms. The summed E-state index contributed by atoms with van der Waals surface area (Å²) in [7, 11) is 0. The van der Waals surface area contributed by atoms with Crippen LogP contribution in [-0.2, 0) is 0 Å². The highest BCUT2D eigenvalue weighted by molar-refractivity contribution is 6.29. The van der Waals surface area contributed by atoms with E-state index in [9.17, 15) is 31.5 Å². The Balaban J connectivity index is 1.95. The second-order valence-corrected chi connectivity index (χ2v) is 8.45. The number of benzene rings is 1. The molecule has 1 atom stereocenters. The lowest BCUT2D eigenvalue weighted by molar-refractivity contribution is -0.158. The molecule has 5 nitrogen and oxygen atoms in total. The number of fused-ring (bicyclic) bond motifs is 1. The largest absolute Gasteiger partial charge is 0.408 e. The predicted octanol–water partition coefficient (Wildman–Crippen LogP) is 5.00. The first-order valence-corrected chi connectivity index (χ1v) is 10.3. The topological polar surface area (TPSA) is 64.0 Å². The molecule has 2 aromatic heterocycles. The minimum absolute atomic E-state index is 0.129. The molecule has 0 spiro atoms. The highest BCUT2D eigenvalue weighted by Gasteiger charge is 2.49. The zero-order valence-electron chi connectivity index (χ0n) is 17.4. The third kappa shape index (κ3) is 4.31. The van der Waals surface area contributed by atoms with Crippen molar-refractivity contribution in [3.8, 4) is 5.69 Å². The second-order valence-electron chi connectivity index (χ2n) is 8.09. The van der Waals surface area contributed by atoms with Crippen molar-refractivity contribution < 1.29 is 26.7 Å². The zero-order chi connectivity index (χ0) is 24.2. The Morgan fingerprint density at radius 2 is 1.79 bits per heavy atom. The Hall–Kier alpha value is -3.01. The summed E-state index contributed by atoms with van der Waals surface area (Å²) in [5.74, 6) is -3.59. The molecule has 0 aliphatic heterocycles. The van der Waals surface area contributed by atoms with Crippen LogP contribution in [0.1, 0.15) is 34.3 Å². The highest BCUT2D eigenvalue weighted by atomic mass is 35.5. The highest BCUT2D eigenvalue weighted by Crippen LogP contribution is 2.40. The van der Waals surface area contributed by atoms with Crippen molar-refractivity contribution in [3.05, 3.63) is 68.1 Å². The van der Waals surface area contributed by atoms with Crippen molar-refractivity contribution in [1.82, 2.24) is 14.9 Å². The van der Waals surface area contributed by atoms with Crippen LogP contribution in [0.2, 0.25) is 5.15 Å². The van der Waals surface area contributed by atoms with Crippen LogP contribution in [0.15, 0.2) is 29.2 Å². The van der Waals surface area contributed by atoms with E-state index in [0.717, 1.165) is 12.3 Å².